The van der Waals surface area contributed by atoms with Crippen LogP contribution in [0.15, 0.2) is 87.8 Å². The summed E-state index contributed by atoms with van der Waals surface area (Å²) in [5, 5.41) is 11.2. The van der Waals surface area contributed by atoms with Crippen LogP contribution in [0, 0.1) is 10.1 Å². The number of nitrogens with zero attached hydrogens (tertiary/aromatic N) is 3. The number of fused-ring (bicyclic) bond motifs is 1. The number of rotatable bonds is 10. The number of aromatic nitrogens is 1. The van der Waals surface area contributed by atoms with Crippen LogP contribution in [0.3, 0.4) is 0 Å². The van der Waals surface area contributed by atoms with Crippen LogP contribution < -0.4 is 24.4 Å². The van der Waals surface area contributed by atoms with E-state index in [1.807, 2.05) is 0 Å². The molecule has 244 valence electrons. The number of non-ortho nitro benzene ring substituents is 1. The Kier molecular flexibility index (Phi) is 9.82. The third kappa shape index (κ3) is 7.23. The number of alkyl halides is 3. The molecule has 1 aromatic heterocycles. The minimum atomic E-state index is -5.03. The van der Waals surface area contributed by atoms with Crippen LogP contribution in [0.1, 0.15) is 36.6 Å². The molecule has 3 aromatic carbocycles. The highest BCUT2D eigenvalue weighted by atomic mass is 35.5. The SMILES string of the molecule is CCOC(=O)C1=C(C(F)(F)F)N=c2s/c(=C\c3ccc(OCc4ccc([N+](=O)[O-])cc4)c(OCC)c3)c(=O)n2[C@@H]1c1ccc(Cl)cc1. The molecule has 0 aliphatic carbocycles. The molecule has 2 heterocycles. The van der Waals surface area contributed by atoms with E-state index in [1.54, 1.807) is 37.3 Å². The van der Waals surface area contributed by atoms with Gasteiger partial charge >= 0.3 is 12.1 Å². The summed E-state index contributed by atoms with van der Waals surface area (Å²) in [6.07, 6.45) is -3.55. The highest BCUT2D eigenvalue weighted by Crippen LogP contribution is 2.38. The second-order valence-corrected chi connectivity index (χ2v) is 11.4. The van der Waals surface area contributed by atoms with Gasteiger partial charge in [0.1, 0.15) is 6.61 Å². The Labute approximate surface area is 273 Å². The molecule has 10 nitrogen and oxygen atoms in total. The number of hydrogen-bond acceptors (Lipinski definition) is 9. The van der Waals surface area contributed by atoms with Crippen molar-refractivity contribution >= 4 is 40.7 Å². The zero-order chi connectivity index (χ0) is 33.9. The van der Waals surface area contributed by atoms with Crippen LogP contribution in [-0.4, -0.2) is 34.8 Å². The maximum absolute atomic E-state index is 14.3. The number of carbonyl (C=O) groups is 1. The van der Waals surface area contributed by atoms with Crippen molar-refractivity contribution in [2.45, 2.75) is 32.7 Å². The molecule has 47 heavy (non-hydrogen) atoms. The van der Waals surface area contributed by atoms with Gasteiger partial charge < -0.3 is 14.2 Å². The average Bonchev–Trinajstić information content (AvgIpc) is 3.34. The number of nitro groups is 1. The quantitative estimate of drug-likeness (QED) is 0.116. The molecule has 1 aliphatic heterocycles. The van der Waals surface area contributed by atoms with Gasteiger partial charge in [-0.3, -0.25) is 19.5 Å². The topological polar surface area (TPSA) is 122 Å². The number of halogens is 4. The normalized spacial score (nSPS) is 14.8. The molecule has 0 unspecified atom stereocenters. The summed E-state index contributed by atoms with van der Waals surface area (Å²) in [7, 11) is 0. The Morgan fingerprint density at radius 1 is 1.04 bits per heavy atom. The highest BCUT2D eigenvalue weighted by Gasteiger charge is 2.45. The van der Waals surface area contributed by atoms with E-state index in [4.69, 9.17) is 25.8 Å². The van der Waals surface area contributed by atoms with Crippen LogP contribution in [-0.2, 0) is 16.1 Å². The molecule has 4 aromatic rings. The lowest BCUT2D eigenvalue weighted by molar-refractivity contribution is -0.384. The van der Waals surface area contributed by atoms with E-state index in [2.05, 4.69) is 4.99 Å². The largest absolute Gasteiger partial charge is 0.490 e. The molecular formula is C32H25ClF3N3O7S. The maximum Gasteiger partial charge on any atom is 0.434 e. The van der Waals surface area contributed by atoms with Crippen molar-refractivity contribution < 1.29 is 37.1 Å². The Morgan fingerprint density at radius 2 is 1.74 bits per heavy atom. The number of nitro benzene ring substituents is 1. The fourth-order valence-electron chi connectivity index (χ4n) is 4.83. The van der Waals surface area contributed by atoms with Crippen molar-refractivity contribution in [1.82, 2.24) is 4.57 Å². The zero-order valence-electron chi connectivity index (χ0n) is 24.7. The summed E-state index contributed by atoms with van der Waals surface area (Å²) in [4.78, 5) is 40.8. The number of allylic oxidation sites excluding steroid dienone is 1. The Morgan fingerprint density at radius 3 is 2.36 bits per heavy atom. The summed E-state index contributed by atoms with van der Waals surface area (Å²) < 4.78 is 60.8. The van der Waals surface area contributed by atoms with Gasteiger partial charge in [0.25, 0.3) is 11.2 Å². The molecule has 0 spiro atoms. The van der Waals surface area contributed by atoms with Gasteiger partial charge in [-0.15, -0.1) is 0 Å². The van der Waals surface area contributed by atoms with Crippen LogP contribution in [0.2, 0.25) is 5.02 Å². The first-order chi connectivity index (χ1) is 22.4. The Hall–Kier alpha value is -4.95. The third-order valence-corrected chi connectivity index (χ3v) is 8.12. The van der Waals surface area contributed by atoms with Crippen molar-refractivity contribution in [3.63, 3.8) is 0 Å². The summed E-state index contributed by atoms with van der Waals surface area (Å²) in [6.45, 7) is 3.39. The molecular weight excluding hydrogens is 663 g/mol. The Balaban J connectivity index is 1.58. The second kappa shape index (κ2) is 13.8. The molecule has 5 rings (SSSR count). The number of benzene rings is 3. The molecule has 0 N–H and O–H groups in total. The van der Waals surface area contributed by atoms with Crippen LogP contribution >= 0.6 is 22.9 Å². The van der Waals surface area contributed by atoms with E-state index in [0.29, 0.717) is 27.6 Å². The fourth-order valence-corrected chi connectivity index (χ4v) is 5.96. The molecule has 15 heteroatoms. The minimum absolute atomic E-state index is 0.0513. The van der Waals surface area contributed by atoms with E-state index in [1.165, 1.54) is 49.4 Å². The fraction of sp³-hybridized carbons (Fsp3) is 0.219. The highest BCUT2D eigenvalue weighted by molar-refractivity contribution is 7.07. The summed E-state index contributed by atoms with van der Waals surface area (Å²) in [5.41, 5.74) is -1.62. The van der Waals surface area contributed by atoms with Gasteiger partial charge in [-0.1, -0.05) is 41.1 Å². The monoisotopic (exact) mass is 687 g/mol. The zero-order valence-corrected chi connectivity index (χ0v) is 26.3. The minimum Gasteiger partial charge on any atom is -0.490 e. The van der Waals surface area contributed by atoms with Crippen molar-refractivity contribution in [3.05, 3.63) is 130 Å². The summed E-state index contributed by atoms with van der Waals surface area (Å²) in [6, 6.07) is 15.0. The number of ether oxygens (including phenoxy) is 3. The van der Waals surface area contributed by atoms with Gasteiger partial charge in [0.15, 0.2) is 22.0 Å². The predicted molar refractivity (Wildman–Crippen MR) is 167 cm³/mol. The summed E-state index contributed by atoms with van der Waals surface area (Å²) >= 11 is 6.76. The average molecular weight is 688 g/mol. The van der Waals surface area contributed by atoms with E-state index in [0.717, 1.165) is 15.9 Å². The van der Waals surface area contributed by atoms with Crippen molar-refractivity contribution in [2.75, 3.05) is 13.2 Å². The van der Waals surface area contributed by atoms with Crippen molar-refractivity contribution in [3.8, 4) is 11.5 Å². The molecule has 1 atom stereocenters. The molecule has 0 saturated carbocycles. The molecule has 0 saturated heterocycles. The smallest absolute Gasteiger partial charge is 0.434 e. The molecule has 0 radical (unpaired) electrons. The molecule has 0 fully saturated rings. The second-order valence-electron chi connectivity index (χ2n) is 9.97. The third-order valence-electron chi connectivity index (χ3n) is 6.89. The van der Waals surface area contributed by atoms with Gasteiger partial charge in [0.05, 0.1) is 34.3 Å². The van der Waals surface area contributed by atoms with Gasteiger partial charge in [0.2, 0.25) is 0 Å². The van der Waals surface area contributed by atoms with E-state index < -0.39 is 39.9 Å². The van der Waals surface area contributed by atoms with Gasteiger partial charge in [-0.25, -0.2) is 9.79 Å². The lowest BCUT2D eigenvalue weighted by atomic mass is 9.95. The van der Waals surface area contributed by atoms with Gasteiger partial charge in [-0.2, -0.15) is 13.2 Å². The van der Waals surface area contributed by atoms with Gasteiger partial charge in [-0.05, 0) is 73.0 Å². The van der Waals surface area contributed by atoms with E-state index in [-0.39, 0.29) is 40.4 Å². The maximum atomic E-state index is 14.3. The summed E-state index contributed by atoms with van der Waals surface area (Å²) in [5.74, 6) is -0.553. The van der Waals surface area contributed by atoms with Crippen LogP contribution in [0.25, 0.3) is 6.08 Å². The van der Waals surface area contributed by atoms with Gasteiger partial charge in [0, 0.05) is 17.2 Å². The molecule has 0 amide bonds. The molecule has 0 bridgehead atoms. The van der Waals surface area contributed by atoms with Crippen molar-refractivity contribution in [1.29, 1.82) is 0 Å². The number of hydrogen-bond donors (Lipinski definition) is 0. The predicted octanol–water partition coefficient (Wildman–Crippen LogP) is 5.88. The lowest BCUT2D eigenvalue weighted by Gasteiger charge is -2.26. The lowest BCUT2D eigenvalue weighted by Crippen LogP contribution is -2.41. The standard InChI is InChI=1S/C32H25ClF3N3O7S/c1-3-44-24-15-19(7-14-23(24)46-17-18-5-12-22(13-6-18)39(42)43)16-25-29(40)38-27(20-8-10-21(33)11-9-20)26(30(41)45-4-2)28(32(34,35)36)37-31(38)47-25/h5-16,27H,3-4,17H2,1-2H3/b25-16-/t27-/m1/s1. The first-order valence-corrected chi connectivity index (χ1v) is 15.3. The number of esters is 1. The first kappa shape index (κ1) is 33.4. The number of carbonyl (C=O) groups excluding carboxylic acids is 1. The number of thiazole rings is 1. The first-order valence-electron chi connectivity index (χ1n) is 14.1. The molecule has 1 aliphatic rings. The van der Waals surface area contributed by atoms with E-state index in [9.17, 15) is 32.9 Å². The Bertz CT molecular complexity index is 2040. The van der Waals surface area contributed by atoms with Crippen LogP contribution in [0.5, 0.6) is 11.5 Å². The van der Waals surface area contributed by atoms with Crippen LogP contribution in [0.4, 0.5) is 18.9 Å². The van der Waals surface area contributed by atoms with E-state index >= 15 is 0 Å². The van der Waals surface area contributed by atoms with Crippen molar-refractivity contribution in [2.24, 2.45) is 4.99 Å².